The maximum Gasteiger partial charge on any atom is 0.404 e. The summed E-state index contributed by atoms with van der Waals surface area (Å²) in [5, 5.41) is 0. The van der Waals surface area contributed by atoms with E-state index in [1.54, 1.807) is 0 Å². The number of hydrogen-bond donors (Lipinski definition) is 1. The second-order valence-electron chi connectivity index (χ2n) is 14.5. The summed E-state index contributed by atoms with van der Waals surface area (Å²) in [7, 11) is 4.25. The molecule has 272 valence electrons. The monoisotopic (exact) mass is 647 g/mol. The van der Waals surface area contributed by atoms with E-state index in [0.29, 0.717) is 5.92 Å². The number of rotatable bonds is 36. The highest BCUT2D eigenvalue weighted by Gasteiger charge is 2.24. The minimum absolute atomic E-state index is 0.0557. The van der Waals surface area contributed by atoms with Crippen molar-refractivity contribution in [3.63, 3.8) is 0 Å². The van der Waals surface area contributed by atoms with Gasteiger partial charge >= 0.3 is 6.09 Å². The molecule has 0 aliphatic heterocycles. The lowest BCUT2D eigenvalue weighted by atomic mass is 9.90. The van der Waals surface area contributed by atoms with E-state index in [9.17, 15) is 4.79 Å². The molecule has 0 aromatic heterocycles. The molecular weight excluding hydrogens is 564 g/mol. The van der Waals surface area contributed by atoms with Crippen LogP contribution in [0.3, 0.4) is 0 Å². The number of amides is 1. The van der Waals surface area contributed by atoms with Crippen LogP contribution in [-0.2, 0) is 4.74 Å². The fourth-order valence-electron chi connectivity index (χ4n) is 6.65. The van der Waals surface area contributed by atoms with E-state index in [4.69, 9.17) is 10.5 Å². The summed E-state index contributed by atoms with van der Waals surface area (Å²) < 4.78 is 5.72. The molecule has 4 nitrogen and oxygen atoms in total. The average Bonchev–Trinajstić information content (AvgIpc) is 3.02. The quantitative estimate of drug-likeness (QED) is 0.0544. The van der Waals surface area contributed by atoms with Crippen molar-refractivity contribution in [2.45, 2.75) is 213 Å². The third-order valence-electron chi connectivity index (χ3n) is 9.48. The van der Waals surface area contributed by atoms with Gasteiger partial charge in [-0.2, -0.15) is 0 Å². The van der Waals surface area contributed by atoms with Gasteiger partial charge in [-0.3, -0.25) is 0 Å². The second kappa shape index (κ2) is 36.5. The van der Waals surface area contributed by atoms with Crippen molar-refractivity contribution in [1.82, 2.24) is 4.90 Å². The van der Waals surface area contributed by atoms with Gasteiger partial charge in [-0.05, 0) is 84.7 Å². The molecule has 2 atom stereocenters. The molecule has 0 rings (SSSR count). The third-order valence-corrected chi connectivity index (χ3v) is 9.48. The Kier molecular flexibility index (Phi) is 35.5. The van der Waals surface area contributed by atoms with E-state index < -0.39 is 6.09 Å². The summed E-state index contributed by atoms with van der Waals surface area (Å²) in [5.41, 5.74) is 5.53. The predicted molar refractivity (Wildman–Crippen MR) is 205 cm³/mol. The largest absolute Gasteiger partial charge is 0.446 e. The molecule has 0 aliphatic rings. The summed E-state index contributed by atoms with van der Waals surface area (Å²) in [6.07, 6.45) is 47.9. The number of unbranched alkanes of at least 4 members (excludes halogenated alkanes) is 24. The van der Waals surface area contributed by atoms with Gasteiger partial charge < -0.3 is 15.4 Å². The van der Waals surface area contributed by atoms with Crippen LogP contribution in [0.1, 0.15) is 206 Å². The average molecular weight is 647 g/mol. The predicted octanol–water partition coefficient (Wildman–Crippen LogP) is 13.5. The van der Waals surface area contributed by atoms with Gasteiger partial charge in [0.25, 0.3) is 0 Å². The van der Waals surface area contributed by atoms with E-state index in [1.807, 2.05) is 0 Å². The molecule has 46 heavy (non-hydrogen) atoms. The third kappa shape index (κ3) is 34.1. The molecule has 0 radical (unpaired) electrons. The molecule has 0 aliphatic carbocycles. The smallest absolute Gasteiger partial charge is 0.404 e. The van der Waals surface area contributed by atoms with Crippen LogP contribution in [0, 0.1) is 5.92 Å². The van der Waals surface area contributed by atoms with Crippen LogP contribution < -0.4 is 5.73 Å². The number of nitrogens with two attached hydrogens (primary N) is 1. The lowest BCUT2D eigenvalue weighted by molar-refractivity contribution is 0.0467. The number of hydrogen-bond acceptors (Lipinski definition) is 3. The maximum atomic E-state index is 11.8. The number of nitrogens with zero attached hydrogens (tertiary/aromatic N) is 1. The molecule has 0 bridgehead atoms. The van der Waals surface area contributed by atoms with E-state index in [2.05, 4.69) is 57.1 Å². The van der Waals surface area contributed by atoms with Gasteiger partial charge in [0.05, 0.1) is 0 Å². The van der Waals surface area contributed by atoms with Gasteiger partial charge in [0.1, 0.15) is 6.10 Å². The Bertz CT molecular complexity index is 675. The normalized spacial score (nSPS) is 13.3. The van der Waals surface area contributed by atoms with Gasteiger partial charge in [0.15, 0.2) is 0 Å². The van der Waals surface area contributed by atoms with Crippen molar-refractivity contribution in [2.75, 3.05) is 20.6 Å². The zero-order valence-corrected chi connectivity index (χ0v) is 31.7. The van der Waals surface area contributed by atoms with Crippen molar-refractivity contribution in [2.24, 2.45) is 11.7 Å². The molecule has 2 N–H and O–H groups in total. The lowest BCUT2D eigenvalue weighted by Crippen LogP contribution is -2.35. The van der Waals surface area contributed by atoms with Crippen LogP contribution in [-0.4, -0.2) is 37.7 Å². The standard InChI is InChI=1S/C42H82N2O2/c1-5-7-9-11-13-15-17-19-21-23-25-27-29-31-33-35-37-40(39-44(3)4)41(46-42(43)45)38-36-34-32-30-28-26-24-22-20-18-16-14-12-10-8-6-2/h19-22,40-41H,5-18,23-39H2,1-4H3,(H2,43,45). The lowest BCUT2D eigenvalue weighted by Gasteiger charge is -2.29. The topological polar surface area (TPSA) is 55.6 Å². The Morgan fingerprint density at radius 1 is 0.522 bits per heavy atom. The number of primary amides is 1. The minimum Gasteiger partial charge on any atom is -0.446 e. The van der Waals surface area contributed by atoms with Crippen LogP contribution in [0.2, 0.25) is 0 Å². The molecule has 2 unspecified atom stereocenters. The van der Waals surface area contributed by atoms with Gasteiger partial charge in [-0.1, -0.05) is 160 Å². The molecule has 0 aromatic carbocycles. The molecule has 1 amide bonds. The zero-order chi connectivity index (χ0) is 33.8. The zero-order valence-electron chi connectivity index (χ0n) is 31.7. The number of carbonyl (C=O) groups is 1. The SMILES string of the molecule is CCCCCCCCC=CCCCCCCCCC(CN(C)C)C(CCCCCCCCC=CCCCCCCCC)OC(N)=O. The molecule has 0 saturated heterocycles. The van der Waals surface area contributed by atoms with Crippen LogP contribution in [0.15, 0.2) is 24.3 Å². The first-order valence-corrected chi connectivity index (χ1v) is 20.4. The molecular formula is C42H82N2O2. The molecule has 0 heterocycles. The van der Waals surface area contributed by atoms with Crippen molar-refractivity contribution >= 4 is 6.09 Å². The molecule has 0 spiro atoms. The van der Waals surface area contributed by atoms with Crippen LogP contribution >= 0.6 is 0 Å². The Morgan fingerprint density at radius 3 is 1.20 bits per heavy atom. The summed E-state index contributed by atoms with van der Waals surface area (Å²) in [6, 6.07) is 0. The Labute approximate surface area is 289 Å². The van der Waals surface area contributed by atoms with Crippen molar-refractivity contribution in [3.8, 4) is 0 Å². The van der Waals surface area contributed by atoms with Crippen LogP contribution in [0.4, 0.5) is 4.79 Å². The Morgan fingerprint density at radius 2 is 0.848 bits per heavy atom. The van der Waals surface area contributed by atoms with Gasteiger partial charge in [0, 0.05) is 12.5 Å². The molecule has 0 aromatic rings. The Hall–Kier alpha value is -1.29. The highest BCUT2D eigenvalue weighted by Crippen LogP contribution is 2.24. The number of allylic oxidation sites excluding steroid dienone is 4. The van der Waals surface area contributed by atoms with Crippen molar-refractivity contribution in [1.29, 1.82) is 0 Å². The van der Waals surface area contributed by atoms with E-state index in [1.165, 1.54) is 173 Å². The summed E-state index contributed by atoms with van der Waals surface area (Å²) >= 11 is 0. The second-order valence-corrected chi connectivity index (χ2v) is 14.5. The van der Waals surface area contributed by atoms with Gasteiger partial charge in [0.2, 0.25) is 0 Å². The highest BCUT2D eigenvalue weighted by atomic mass is 16.6. The maximum absolute atomic E-state index is 11.8. The number of carbonyl (C=O) groups excluding carboxylic acids is 1. The first-order valence-electron chi connectivity index (χ1n) is 20.4. The fourth-order valence-corrected chi connectivity index (χ4v) is 6.65. The first-order chi connectivity index (χ1) is 22.5. The van der Waals surface area contributed by atoms with Gasteiger partial charge in [-0.25, -0.2) is 4.79 Å². The highest BCUT2D eigenvalue weighted by molar-refractivity contribution is 5.64. The molecule has 0 fully saturated rings. The fraction of sp³-hybridized carbons (Fsp3) is 0.881. The van der Waals surface area contributed by atoms with E-state index >= 15 is 0 Å². The Balaban J connectivity index is 4.03. The minimum atomic E-state index is -0.612. The summed E-state index contributed by atoms with van der Waals surface area (Å²) in [5.74, 6) is 0.363. The first kappa shape index (κ1) is 44.7. The summed E-state index contributed by atoms with van der Waals surface area (Å²) in [4.78, 5) is 14.0. The molecule has 0 saturated carbocycles. The van der Waals surface area contributed by atoms with Crippen molar-refractivity contribution < 1.29 is 9.53 Å². The van der Waals surface area contributed by atoms with Crippen LogP contribution in [0.5, 0.6) is 0 Å². The summed E-state index contributed by atoms with van der Waals surface area (Å²) in [6.45, 7) is 5.52. The number of ether oxygens (including phenoxy) is 1. The van der Waals surface area contributed by atoms with Crippen molar-refractivity contribution in [3.05, 3.63) is 24.3 Å². The molecule has 4 heteroatoms. The van der Waals surface area contributed by atoms with E-state index in [0.717, 1.165) is 25.8 Å². The van der Waals surface area contributed by atoms with Crippen LogP contribution in [0.25, 0.3) is 0 Å². The van der Waals surface area contributed by atoms with E-state index in [-0.39, 0.29) is 6.10 Å². The van der Waals surface area contributed by atoms with Gasteiger partial charge in [-0.15, -0.1) is 0 Å².